The lowest BCUT2D eigenvalue weighted by Crippen LogP contribution is -2.40. The number of anilines is 3. The molecule has 0 saturated carbocycles. The zero-order valence-electron chi connectivity index (χ0n) is 44.1. The van der Waals surface area contributed by atoms with Gasteiger partial charge in [-0.1, -0.05) is 115 Å². The third-order valence-electron chi connectivity index (χ3n) is 13.1. The van der Waals surface area contributed by atoms with E-state index in [9.17, 15) is 43.2 Å². The Morgan fingerprint density at radius 1 is 0.536 bits per heavy atom. The molecule has 23 heteroatoms. The molecule has 3 amide bonds. The van der Waals surface area contributed by atoms with E-state index in [1.165, 1.54) is 4.90 Å². The minimum Gasteiger partial charge on any atom is -0.481 e. The highest BCUT2D eigenvalue weighted by atomic mass is 35.5. The summed E-state index contributed by atoms with van der Waals surface area (Å²) in [5, 5.41) is 36.8. The van der Waals surface area contributed by atoms with Crippen LogP contribution in [0.4, 0.5) is 17.1 Å². The highest BCUT2D eigenvalue weighted by Crippen LogP contribution is 2.32. The van der Waals surface area contributed by atoms with E-state index >= 15 is 0 Å². The number of fused-ring (bicyclic) bond motifs is 3. The lowest BCUT2D eigenvalue weighted by atomic mass is 10.0. The molecule has 6 aromatic carbocycles. The van der Waals surface area contributed by atoms with Crippen LogP contribution in [-0.4, -0.2) is 71.3 Å². The number of hydrogen-bond donors (Lipinski definition) is 6. The van der Waals surface area contributed by atoms with Gasteiger partial charge in [0.05, 0.1) is 65.4 Å². The Labute approximate surface area is 494 Å². The van der Waals surface area contributed by atoms with E-state index in [2.05, 4.69) is 40.6 Å². The molecule has 0 atom stereocenters. The summed E-state index contributed by atoms with van der Waals surface area (Å²) in [7, 11) is 0. The van der Waals surface area contributed by atoms with Crippen LogP contribution in [0.1, 0.15) is 99.0 Å². The SMILES string of the molecule is C.Nc1cc(Cc2n[nH]c(=O)c3ccccc23)ccc1Cl.O=C(O)CCCC(=O)Nc1cc(Cc2n[nH]c(=O)c3ccccc23)ccc1Cl.O=C1CCCC(=O)N1c1cc(Cc2n[nH]c(=O)c3ccccc23)ccc1Cl.O=C1CCCC(=O)O1. The summed E-state index contributed by atoms with van der Waals surface area (Å²) < 4.78 is 4.21. The largest absolute Gasteiger partial charge is 0.481 e. The number of amides is 3. The number of piperidine rings is 1. The Bertz CT molecular complexity index is 4120. The van der Waals surface area contributed by atoms with Gasteiger partial charge in [0.2, 0.25) is 17.7 Å². The number of halogens is 3. The lowest BCUT2D eigenvalue weighted by Gasteiger charge is -2.26. The van der Waals surface area contributed by atoms with Gasteiger partial charge in [0.25, 0.3) is 16.7 Å². The zero-order valence-corrected chi connectivity index (χ0v) is 46.4. The summed E-state index contributed by atoms with van der Waals surface area (Å²) in [4.78, 5) is 104. The van der Waals surface area contributed by atoms with Gasteiger partial charge >= 0.3 is 17.9 Å². The third-order valence-corrected chi connectivity index (χ3v) is 14.1. The van der Waals surface area contributed by atoms with Crippen LogP contribution in [0.3, 0.4) is 0 Å². The first-order valence-electron chi connectivity index (χ1n) is 26.0. The van der Waals surface area contributed by atoms with Gasteiger partial charge < -0.3 is 20.9 Å². The second-order valence-corrected chi connectivity index (χ2v) is 20.3. The standard InChI is InChI=1S/C20H18ClN3O4.C20H16ClN3O3.C15H12ClN3O.C5H6O3.CH4/c21-15-9-8-12(11-17(15)22-18(25)6-3-7-19(26)27)10-16-13-4-1-2-5-14(13)20(28)24-23-16;21-15-9-8-12(11-17(15)24-18(25)6-3-7-19(24)26)10-16-13-4-1-2-5-14(13)20(27)23-22-16;16-12-6-5-9(7-13(12)17)8-14-10-3-1-2-4-11(10)15(20)19-18-14;6-4-2-1-3-5(7)8-4;/h1-2,4-5,8-9,11H,3,6-7,10H2,(H,22,25)(H,24,28)(H,26,27);1-2,4-5,8-9,11H,3,6-7,10H2,(H,23,27);1-7H,8,17H2,(H,19,20);1-3H2;1H4. The molecule has 9 aromatic rings. The van der Waals surface area contributed by atoms with Crippen molar-refractivity contribution in [2.24, 2.45) is 0 Å². The van der Waals surface area contributed by atoms with E-state index in [0.29, 0.717) is 117 Å². The van der Waals surface area contributed by atoms with E-state index in [1.807, 2.05) is 66.7 Å². The normalized spacial score (nSPS) is 12.9. The molecule has 0 aliphatic carbocycles. The summed E-state index contributed by atoms with van der Waals surface area (Å²) in [6.07, 6.45) is 4.41. The number of nitrogens with two attached hydrogens (primary N) is 1. The van der Waals surface area contributed by atoms with Gasteiger partial charge in [0.15, 0.2) is 0 Å². The molecule has 11 rings (SSSR count). The number of nitrogen functional groups attached to an aromatic ring is 1. The predicted octanol–water partition coefficient (Wildman–Crippen LogP) is 10.2. The van der Waals surface area contributed by atoms with E-state index in [4.69, 9.17) is 45.6 Å². The number of imide groups is 1. The molecule has 5 heterocycles. The van der Waals surface area contributed by atoms with Crippen LogP contribution in [0, 0.1) is 0 Å². The Kier molecular flexibility index (Phi) is 21.5. The first-order valence-corrected chi connectivity index (χ1v) is 27.2. The summed E-state index contributed by atoms with van der Waals surface area (Å²) in [5.41, 5.74) is 11.4. The first-order chi connectivity index (χ1) is 39.9. The average molecular weight is 1200 g/mol. The van der Waals surface area contributed by atoms with Gasteiger partial charge in [-0.3, -0.25) is 43.2 Å². The number of nitrogens with one attached hydrogen (secondary N) is 4. The zero-order chi connectivity index (χ0) is 59.2. The first kappa shape index (κ1) is 62.2. The highest BCUT2D eigenvalue weighted by Gasteiger charge is 2.29. The van der Waals surface area contributed by atoms with Crippen LogP contribution in [0.25, 0.3) is 32.3 Å². The van der Waals surface area contributed by atoms with Crippen LogP contribution in [0.5, 0.6) is 0 Å². The van der Waals surface area contributed by atoms with E-state index in [0.717, 1.165) is 38.5 Å². The maximum atomic E-state index is 12.2. The number of benzene rings is 6. The number of carboxylic acid groups (broad SMARTS) is 1. The number of aliphatic carboxylic acids is 1. The van der Waals surface area contributed by atoms with Crippen molar-refractivity contribution in [1.29, 1.82) is 0 Å². The van der Waals surface area contributed by atoms with Crippen molar-refractivity contribution < 1.29 is 38.6 Å². The molecular formula is C61H56Cl3N9O11. The maximum absolute atomic E-state index is 12.2. The summed E-state index contributed by atoms with van der Waals surface area (Å²) >= 11 is 18.4. The van der Waals surface area contributed by atoms with Gasteiger partial charge in [0.1, 0.15) is 0 Å². The number of esters is 2. The van der Waals surface area contributed by atoms with Crippen molar-refractivity contribution in [3.8, 4) is 0 Å². The van der Waals surface area contributed by atoms with Crippen molar-refractivity contribution in [2.75, 3.05) is 16.0 Å². The number of ether oxygens (including phenoxy) is 1. The Morgan fingerprint density at radius 3 is 1.37 bits per heavy atom. The third kappa shape index (κ3) is 16.2. The minimum absolute atomic E-state index is 0. The highest BCUT2D eigenvalue weighted by molar-refractivity contribution is 6.35. The van der Waals surface area contributed by atoms with Crippen LogP contribution in [0.2, 0.25) is 15.1 Å². The molecule has 0 radical (unpaired) electrons. The van der Waals surface area contributed by atoms with Crippen LogP contribution >= 0.6 is 34.8 Å². The average Bonchev–Trinajstić information content (AvgIpc) is 3.31. The fourth-order valence-electron chi connectivity index (χ4n) is 9.06. The number of aromatic amines is 3. The molecular weight excluding hydrogens is 1140 g/mol. The van der Waals surface area contributed by atoms with Crippen molar-refractivity contribution in [3.05, 3.63) is 207 Å². The fourth-order valence-corrected chi connectivity index (χ4v) is 9.55. The number of nitrogens with zero attached hydrogens (tertiary/aromatic N) is 4. The van der Waals surface area contributed by atoms with Crippen molar-refractivity contribution >= 4 is 120 Å². The van der Waals surface area contributed by atoms with Gasteiger partial charge in [-0.15, -0.1) is 0 Å². The number of aromatic nitrogens is 6. The number of H-pyrrole nitrogens is 3. The smallest absolute Gasteiger partial charge is 0.313 e. The number of carboxylic acids is 1. The number of rotatable bonds is 12. The number of carbonyl (C=O) groups excluding carboxylic acids is 5. The molecule has 7 N–H and O–H groups in total. The Morgan fingerprint density at radius 2 is 0.940 bits per heavy atom. The molecule has 3 aromatic heterocycles. The molecule has 432 valence electrons. The van der Waals surface area contributed by atoms with Crippen molar-refractivity contribution in [1.82, 2.24) is 30.6 Å². The van der Waals surface area contributed by atoms with Crippen LogP contribution in [0.15, 0.2) is 142 Å². The van der Waals surface area contributed by atoms with Crippen molar-refractivity contribution in [3.63, 3.8) is 0 Å². The second-order valence-electron chi connectivity index (χ2n) is 19.1. The van der Waals surface area contributed by atoms with Gasteiger partial charge in [0, 0.05) is 73.9 Å². The molecule has 84 heavy (non-hydrogen) atoms. The minimum atomic E-state index is -0.937. The molecule has 0 spiro atoms. The van der Waals surface area contributed by atoms with E-state index < -0.39 is 5.97 Å². The Hall–Kier alpha value is -9.37. The molecule has 20 nitrogen and oxygen atoms in total. The summed E-state index contributed by atoms with van der Waals surface area (Å²) in [6.45, 7) is 0. The van der Waals surface area contributed by atoms with Gasteiger partial charge in [-0.25, -0.2) is 20.2 Å². The fraction of sp³-hybridized carbons (Fsp3) is 0.213. The predicted molar refractivity (Wildman–Crippen MR) is 322 cm³/mol. The number of cyclic esters (lactones) is 2. The molecule has 2 saturated heterocycles. The quantitative estimate of drug-likeness (QED) is 0.0287. The van der Waals surface area contributed by atoms with Crippen LogP contribution in [-0.2, 0) is 52.8 Å². The van der Waals surface area contributed by atoms with E-state index in [1.54, 1.807) is 60.7 Å². The number of carbonyl (C=O) groups is 6. The van der Waals surface area contributed by atoms with Crippen molar-refractivity contribution in [2.45, 2.75) is 84.5 Å². The summed E-state index contributed by atoms with van der Waals surface area (Å²) in [6, 6.07) is 37.9. The lowest BCUT2D eigenvalue weighted by molar-refractivity contribution is -0.163. The number of hydrogen-bond acceptors (Lipinski definition) is 14. The molecule has 0 bridgehead atoms. The molecule has 0 unspecified atom stereocenters. The van der Waals surface area contributed by atoms with Crippen LogP contribution < -0.4 is 32.6 Å². The summed E-state index contributed by atoms with van der Waals surface area (Å²) in [5.74, 6) is -2.49. The topological polar surface area (TPSA) is 310 Å². The Balaban J connectivity index is 0.000000170. The maximum Gasteiger partial charge on any atom is 0.313 e. The second kappa shape index (κ2) is 29.0. The molecule has 2 aliphatic rings. The molecule has 2 aliphatic heterocycles. The van der Waals surface area contributed by atoms with Gasteiger partial charge in [-0.2, -0.15) is 15.3 Å². The monoisotopic (exact) mass is 1200 g/mol. The van der Waals surface area contributed by atoms with E-state index in [-0.39, 0.29) is 73.0 Å². The van der Waals surface area contributed by atoms with Gasteiger partial charge in [-0.05, 0) is 90.6 Å². The molecule has 2 fully saturated rings.